The van der Waals surface area contributed by atoms with Crippen molar-refractivity contribution in [2.24, 2.45) is 59.2 Å². The highest BCUT2D eigenvalue weighted by molar-refractivity contribution is 8.02. The number of thioether (sulfide) groups is 2. The third kappa shape index (κ3) is 7.25. The first-order valence-electron chi connectivity index (χ1n) is 24.4. The van der Waals surface area contributed by atoms with Gasteiger partial charge in [0.2, 0.25) is 0 Å². The fraction of sp³-hybridized carbons (Fsp3) is 1.00. The molecule has 1 nitrogen and oxygen atoms in total. The number of hydrogen-bond acceptors (Lipinski definition) is 3. The smallest absolute Gasteiger partial charge is 0.0123 e. The van der Waals surface area contributed by atoms with E-state index >= 15 is 0 Å². The molecule has 0 aromatic heterocycles. The molecular formula is C48H79NS2. The highest BCUT2D eigenvalue weighted by Gasteiger charge is 2.59. The van der Waals surface area contributed by atoms with Crippen LogP contribution < -0.4 is 0 Å². The molecule has 10 fully saturated rings. The van der Waals surface area contributed by atoms with Crippen LogP contribution in [0, 0.1) is 59.2 Å². The highest BCUT2D eigenvalue weighted by atomic mass is 32.2. The summed E-state index contributed by atoms with van der Waals surface area (Å²) >= 11 is 5.20. The second kappa shape index (κ2) is 16.3. The lowest BCUT2D eigenvalue weighted by molar-refractivity contribution is -0.0169. The Kier molecular flexibility index (Phi) is 11.5. The van der Waals surface area contributed by atoms with E-state index in [0.29, 0.717) is 0 Å². The molecule has 11 unspecified atom stereocenters. The Hall–Kier alpha value is 0.660. The van der Waals surface area contributed by atoms with Gasteiger partial charge in [-0.1, -0.05) is 96.3 Å². The van der Waals surface area contributed by atoms with Crippen molar-refractivity contribution in [3.8, 4) is 0 Å². The number of nitrogens with zero attached hydrogens (tertiary/aromatic N) is 1. The largest absolute Gasteiger partial charge is 0.294 e. The molecule has 2 aliphatic heterocycles. The van der Waals surface area contributed by atoms with Crippen LogP contribution in [-0.4, -0.2) is 44.0 Å². The SMILES string of the molecule is C1CCC(C2CCC(N(C3CCC(C4CCCCC4)CC3)C3CCCC(C4CCCC5C6CCC7SC8CCCCC8C7C6SC45)C3)CC2)CC1. The minimum atomic E-state index is 0.920. The maximum Gasteiger partial charge on any atom is 0.0123 e. The van der Waals surface area contributed by atoms with E-state index in [4.69, 9.17) is 0 Å². The molecule has 0 radical (unpaired) electrons. The fourth-order valence-electron chi connectivity index (χ4n) is 16.8. The second-order valence-electron chi connectivity index (χ2n) is 21.3. The second-order valence-corrected chi connectivity index (χ2v) is 24.1. The van der Waals surface area contributed by atoms with Crippen LogP contribution in [0.2, 0.25) is 0 Å². The normalized spacial score (nSPS) is 49.9. The maximum absolute atomic E-state index is 3.39. The maximum atomic E-state index is 3.39. The monoisotopic (exact) mass is 734 g/mol. The van der Waals surface area contributed by atoms with Crippen LogP contribution in [0.1, 0.15) is 199 Å². The van der Waals surface area contributed by atoms with Crippen molar-refractivity contribution in [1.82, 2.24) is 4.90 Å². The molecule has 10 rings (SSSR count). The molecule has 0 amide bonds. The first-order chi connectivity index (χ1) is 25.3. The third-order valence-electron chi connectivity index (χ3n) is 19.1. The van der Waals surface area contributed by atoms with E-state index < -0.39 is 0 Å². The molecule has 2 heterocycles. The van der Waals surface area contributed by atoms with Gasteiger partial charge in [0.05, 0.1) is 0 Å². The molecule has 0 aromatic rings. The molecule has 2 saturated heterocycles. The lowest BCUT2D eigenvalue weighted by Gasteiger charge is -2.52. The summed E-state index contributed by atoms with van der Waals surface area (Å²) in [4.78, 5) is 3.39. The van der Waals surface area contributed by atoms with Gasteiger partial charge in [0.25, 0.3) is 0 Å². The van der Waals surface area contributed by atoms with Gasteiger partial charge in [-0.25, -0.2) is 0 Å². The number of rotatable bonds is 6. The quantitative estimate of drug-likeness (QED) is 0.268. The molecular weight excluding hydrogens is 655 g/mol. The zero-order chi connectivity index (χ0) is 33.7. The zero-order valence-corrected chi connectivity index (χ0v) is 34.6. The van der Waals surface area contributed by atoms with E-state index in [1.165, 1.54) is 44.9 Å². The minimum absolute atomic E-state index is 0.920. The molecule has 3 heteroatoms. The molecule has 8 aliphatic carbocycles. The third-order valence-corrected chi connectivity index (χ3v) is 22.9. The summed E-state index contributed by atoms with van der Waals surface area (Å²) in [7, 11) is 0. The Morgan fingerprint density at radius 1 is 0.294 bits per heavy atom. The van der Waals surface area contributed by atoms with Crippen LogP contribution >= 0.6 is 23.5 Å². The summed E-state index contributed by atoms with van der Waals surface area (Å²) in [5.74, 6) is 10.8. The van der Waals surface area contributed by atoms with Gasteiger partial charge in [-0.3, -0.25) is 4.90 Å². The fourth-order valence-corrected chi connectivity index (χ4v) is 21.6. The molecule has 0 bridgehead atoms. The van der Waals surface area contributed by atoms with Crippen LogP contribution in [0.5, 0.6) is 0 Å². The van der Waals surface area contributed by atoms with E-state index in [2.05, 4.69) is 28.4 Å². The van der Waals surface area contributed by atoms with Gasteiger partial charge in [-0.05, 0) is 162 Å². The van der Waals surface area contributed by atoms with Gasteiger partial charge in [-0.2, -0.15) is 23.5 Å². The van der Waals surface area contributed by atoms with E-state index in [0.717, 1.165) is 98.3 Å². The van der Waals surface area contributed by atoms with Gasteiger partial charge < -0.3 is 0 Å². The summed E-state index contributed by atoms with van der Waals surface area (Å²) in [6.45, 7) is 0. The van der Waals surface area contributed by atoms with E-state index in [9.17, 15) is 0 Å². The molecule has 0 N–H and O–H groups in total. The van der Waals surface area contributed by atoms with Crippen molar-refractivity contribution in [1.29, 1.82) is 0 Å². The highest BCUT2D eigenvalue weighted by Crippen LogP contribution is 2.66. The molecule has 10 aliphatic rings. The van der Waals surface area contributed by atoms with Crippen molar-refractivity contribution in [2.75, 3.05) is 0 Å². The first kappa shape index (κ1) is 36.0. The number of fused-ring (bicyclic) bond motifs is 7. The van der Waals surface area contributed by atoms with E-state index in [1.807, 2.05) is 0 Å². The van der Waals surface area contributed by atoms with Gasteiger partial charge >= 0.3 is 0 Å². The van der Waals surface area contributed by atoms with Crippen molar-refractivity contribution in [3.05, 3.63) is 0 Å². The lowest BCUT2D eigenvalue weighted by Crippen LogP contribution is -2.54. The Morgan fingerprint density at radius 3 is 1.51 bits per heavy atom. The Bertz CT molecular complexity index is 1070. The van der Waals surface area contributed by atoms with Gasteiger partial charge in [0, 0.05) is 39.1 Å². The summed E-state index contributed by atoms with van der Waals surface area (Å²) < 4.78 is 0. The predicted molar refractivity (Wildman–Crippen MR) is 222 cm³/mol. The lowest BCUT2D eigenvalue weighted by atomic mass is 9.62. The molecule has 8 saturated carbocycles. The van der Waals surface area contributed by atoms with Crippen LogP contribution in [0.15, 0.2) is 0 Å². The Labute approximate surface area is 324 Å². The standard InChI is InChI=1S/C48H79NS2/c1-3-11-32(12-4-1)34-21-25-37(26-22-34)49(38-27-23-35(24-28-38)33-13-5-2-6-14-33)39-16-9-15-36(31-39)40-18-10-19-41-42-29-30-45-46(48(42)51-47(40)41)43-17-7-8-20-44(43)50-45/h32-48H,1-31H2. The summed E-state index contributed by atoms with van der Waals surface area (Å²) in [6, 6.07) is 2.77. The van der Waals surface area contributed by atoms with Crippen LogP contribution in [0.3, 0.4) is 0 Å². The van der Waals surface area contributed by atoms with Gasteiger partial charge in [-0.15, -0.1) is 0 Å². The molecule has 0 aromatic carbocycles. The first-order valence-corrected chi connectivity index (χ1v) is 26.3. The van der Waals surface area contributed by atoms with Crippen LogP contribution in [0.25, 0.3) is 0 Å². The van der Waals surface area contributed by atoms with Crippen LogP contribution in [-0.2, 0) is 0 Å². The molecule has 288 valence electrons. The predicted octanol–water partition coefficient (Wildman–Crippen LogP) is 13.7. The van der Waals surface area contributed by atoms with Crippen LogP contribution in [0.4, 0.5) is 0 Å². The molecule has 11 atom stereocenters. The average molecular weight is 734 g/mol. The zero-order valence-electron chi connectivity index (χ0n) is 33.0. The van der Waals surface area contributed by atoms with E-state index in [1.54, 1.807) is 154 Å². The summed E-state index contributed by atoms with van der Waals surface area (Å²) in [5.41, 5.74) is 0. The van der Waals surface area contributed by atoms with Crippen molar-refractivity contribution < 1.29 is 0 Å². The Balaban J connectivity index is 0.842. The molecule has 51 heavy (non-hydrogen) atoms. The van der Waals surface area contributed by atoms with E-state index in [-0.39, 0.29) is 0 Å². The van der Waals surface area contributed by atoms with Crippen molar-refractivity contribution in [3.63, 3.8) is 0 Å². The van der Waals surface area contributed by atoms with Gasteiger partial charge in [0.1, 0.15) is 0 Å². The van der Waals surface area contributed by atoms with Crippen molar-refractivity contribution >= 4 is 23.5 Å². The topological polar surface area (TPSA) is 3.24 Å². The minimum Gasteiger partial charge on any atom is -0.294 e. The number of hydrogen-bond donors (Lipinski definition) is 0. The van der Waals surface area contributed by atoms with Crippen molar-refractivity contribution in [2.45, 2.75) is 238 Å². The Morgan fingerprint density at radius 2 is 0.824 bits per heavy atom. The average Bonchev–Trinajstić information content (AvgIpc) is 3.78. The summed E-state index contributed by atoms with van der Waals surface area (Å²) in [6.07, 6.45) is 48.5. The summed E-state index contributed by atoms with van der Waals surface area (Å²) in [5, 5.41) is 4.18. The molecule has 0 spiro atoms. The van der Waals surface area contributed by atoms with Gasteiger partial charge in [0.15, 0.2) is 0 Å².